The first kappa shape index (κ1) is 23.0. The Balaban J connectivity index is 1.91. The number of amides is 2. The molecule has 2 saturated heterocycles. The highest BCUT2D eigenvalue weighted by atomic mass is 16.6. The summed E-state index contributed by atoms with van der Waals surface area (Å²) in [6, 6.07) is -1.57. The third kappa shape index (κ3) is 3.22. The summed E-state index contributed by atoms with van der Waals surface area (Å²) < 4.78 is 12.2. The molecular formula is C24H34N2O6. The van der Waals surface area contributed by atoms with Crippen LogP contribution in [0.15, 0.2) is 24.3 Å². The van der Waals surface area contributed by atoms with Crippen molar-refractivity contribution in [3.05, 3.63) is 24.3 Å². The average Bonchev–Trinajstić information content (AvgIpc) is 3.09. The van der Waals surface area contributed by atoms with E-state index in [9.17, 15) is 19.5 Å². The summed E-state index contributed by atoms with van der Waals surface area (Å²) in [5.74, 6) is -2.81. The van der Waals surface area contributed by atoms with E-state index in [1.54, 1.807) is 11.8 Å². The quantitative estimate of drug-likeness (QED) is 0.518. The molecule has 1 unspecified atom stereocenters. The maximum atomic E-state index is 14.0. The average molecular weight is 447 g/mol. The first-order valence-electron chi connectivity index (χ1n) is 11.7. The third-order valence-corrected chi connectivity index (χ3v) is 7.42. The summed E-state index contributed by atoms with van der Waals surface area (Å²) in [6.45, 7) is 7.93. The molecule has 0 saturated carbocycles. The van der Waals surface area contributed by atoms with E-state index in [-0.39, 0.29) is 31.1 Å². The second-order valence-electron chi connectivity index (χ2n) is 9.69. The van der Waals surface area contributed by atoms with Crippen molar-refractivity contribution in [2.24, 2.45) is 11.8 Å². The lowest BCUT2D eigenvalue weighted by Gasteiger charge is -2.40. The van der Waals surface area contributed by atoms with Crippen molar-refractivity contribution in [2.75, 3.05) is 19.8 Å². The van der Waals surface area contributed by atoms with Crippen LogP contribution in [0.2, 0.25) is 0 Å². The molecule has 0 radical (unpaired) electrons. The number of esters is 1. The molecule has 2 fully saturated rings. The summed E-state index contributed by atoms with van der Waals surface area (Å²) >= 11 is 0. The van der Waals surface area contributed by atoms with Crippen molar-refractivity contribution in [1.82, 2.24) is 9.80 Å². The Morgan fingerprint density at radius 1 is 1.16 bits per heavy atom. The molecule has 0 aromatic rings. The molecule has 4 rings (SSSR count). The predicted octanol–water partition coefficient (Wildman–Crippen LogP) is 1.43. The standard InChI is InChI=1S/C24H34N2O6/c1-5-16(14-27)26-19-21(29)25(15(2)3)12-9-11-24(19)17(20(26)28)18-22(30)31-13-8-6-7-10-23(18,4)32-24/h7,9-11,15-19,27H,5-6,8,12-14H2,1-4H3/b10-7-/t16-,17-,18+,19?,23-,24-/m0/s1. The van der Waals surface area contributed by atoms with E-state index < -0.39 is 41.1 Å². The summed E-state index contributed by atoms with van der Waals surface area (Å²) in [5.41, 5.74) is -2.38. The van der Waals surface area contributed by atoms with Crippen LogP contribution in [0.1, 0.15) is 47.0 Å². The highest BCUT2D eigenvalue weighted by Gasteiger charge is 2.75. The Labute approximate surface area is 189 Å². The molecule has 4 aliphatic heterocycles. The highest BCUT2D eigenvalue weighted by molar-refractivity contribution is 5.99. The van der Waals surface area contributed by atoms with Crippen LogP contribution in [-0.4, -0.2) is 81.8 Å². The van der Waals surface area contributed by atoms with Gasteiger partial charge in [-0.3, -0.25) is 14.4 Å². The van der Waals surface area contributed by atoms with Gasteiger partial charge in [-0.1, -0.05) is 31.2 Å². The fourth-order valence-corrected chi connectivity index (χ4v) is 5.86. The maximum Gasteiger partial charge on any atom is 0.313 e. The van der Waals surface area contributed by atoms with Gasteiger partial charge in [0.25, 0.3) is 0 Å². The molecule has 8 heteroatoms. The van der Waals surface area contributed by atoms with Gasteiger partial charge in [0.05, 0.1) is 30.8 Å². The van der Waals surface area contributed by atoms with Crippen molar-refractivity contribution in [2.45, 2.75) is 76.3 Å². The molecule has 0 aromatic heterocycles. The van der Waals surface area contributed by atoms with Gasteiger partial charge in [-0.2, -0.15) is 0 Å². The number of allylic oxidation sites excluding steroid dienone is 1. The number of rotatable bonds is 4. The highest BCUT2D eigenvalue weighted by Crippen LogP contribution is 2.57. The topological polar surface area (TPSA) is 96.4 Å². The zero-order valence-corrected chi connectivity index (χ0v) is 19.3. The van der Waals surface area contributed by atoms with Gasteiger partial charge in [-0.05, 0) is 40.0 Å². The Hall–Kier alpha value is -2.19. The number of likely N-dealkylation sites (tertiary alicyclic amines) is 1. The summed E-state index contributed by atoms with van der Waals surface area (Å²) in [4.78, 5) is 44.3. The van der Waals surface area contributed by atoms with Crippen LogP contribution in [0.5, 0.6) is 0 Å². The molecule has 4 heterocycles. The SMILES string of the molecule is CC[C@@H](CO)N1C(=O)[C@@H]2[C@@H]3C(=O)OCCC/C=C\[C@]3(C)O[C@@]23C=CCN(C(C)C)C(=O)C13. The second kappa shape index (κ2) is 8.30. The van der Waals surface area contributed by atoms with Crippen LogP contribution in [0, 0.1) is 11.8 Å². The Bertz CT molecular complexity index is 849. The van der Waals surface area contributed by atoms with Crippen LogP contribution < -0.4 is 0 Å². The lowest BCUT2D eigenvalue weighted by atomic mass is 9.74. The Morgan fingerprint density at radius 2 is 1.91 bits per heavy atom. The van der Waals surface area contributed by atoms with Gasteiger partial charge in [0, 0.05) is 12.6 Å². The van der Waals surface area contributed by atoms with Gasteiger partial charge in [-0.25, -0.2) is 0 Å². The molecule has 2 amide bonds. The number of nitrogens with zero attached hydrogens (tertiary/aromatic N) is 2. The second-order valence-corrected chi connectivity index (χ2v) is 9.69. The van der Waals surface area contributed by atoms with Crippen LogP contribution in [0.3, 0.4) is 0 Å². The van der Waals surface area contributed by atoms with E-state index in [1.807, 2.05) is 45.1 Å². The first-order chi connectivity index (χ1) is 15.2. The summed E-state index contributed by atoms with van der Waals surface area (Å²) in [5, 5.41) is 10.1. The molecule has 1 N–H and O–H groups in total. The lowest BCUT2D eigenvalue weighted by molar-refractivity contribution is -0.161. The molecule has 4 aliphatic rings. The smallest absolute Gasteiger partial charge is 0.313 e. The van der Waals surface area contributed by atoms with Crippen LogP contribution in [0.4, 0.5) is 0 Å². The molecule has 1 spiro atoms. The largest absolute Gasteiger partial charge is 0.465 e. The summed E-state index contributed by atoms with van der Waals surface area (Å²) in [6.07, 6.45) is 9.42. The number of hydrogen-bond acceptors (Lipinski definition) is 6. The normalized spacial score (nSPS) is 38.9. The minimum Gasteiger partial charge on any atom is -0.465 e. The zero-order chi connectivity index (χ0) is 23.3. The first-order valence-corrected chi connectivity index (χ1v) is 11.7. The van der Waals surface area contributed by atoms with Crippen molar-refractivity contribution < 1.29 is 29.0 Å². The molecule has 8 nitrogen and oxygen atoms in total. The number of cyclic esters (lactones) is 1. The molecule has 0 aliphatic carbocycles. The van der Waals surface area contributed by atoms with E-state index in [1.165, 1.54) is 4.90 Å². The van der Waals surface area contributed by atoms with Crippen molar-refractivity contribution in [3.8, 4) is 0 Å². The number of ether oxygens (including phenoxy) is 2. The Morgan fingerprint density at radius 3 is 2.56 bits per heavy atom. The van der Waals surface area contributed by atoms with E-state index >= 15 is 0 Å². The monoisotopic (exact) mass is 446 g/mol. The number of carbonyl (C=O) groups is 3. The van der Waals surface area contributed by atoms with Gasteiger partial charge >= 0.3 is 5.97 Å². The van der Waals surface area contributed by atoms with E-state index in [0.717, 1.165) is 6.42 Å². The minimum absolute atomic E-state index is 0.0773. The Kier molecular flexibility index (Phi) is 5.96. The van der Waals surface area contributed by atoms with Gasteiger partial charge in [0.1, 0.15) is 17.6 Å². The van der Waals surface area contributed by atoms with Gasteiger partial charge in [0.15, 0.2) is 0 Å². The maximum absolute atomic E-state index is 14.0. The number of aliphatic hydroxyl groups excluding tert-OH is 1. The molecule has 176 valence electrons. The van der Waals surface area contributed by atoms with Crippen molar-refractivity contribution in [1.29, 1.82) is 0 Å². The molecule has 0 bridgehead atoms. The van der Waals surface area contributed by atoms with Gasteiger partial charge in [0.2, 0.25) is 11.8 Å². The zero-order valence-electron chi connectivity index (χ0n) is 19.3. The van der Waals surface area contributed by atoms with Crippen LogP contribution in [0.25, 0.3) is 0 Å². The van der Waals surface area contributed by atoms with Crippen LogP contribution >= 0.6 is 0 Å². The van der Waals surface area contributed by atoms with Gasteiger partial charge < -0.3 is 24.4 Å². The summed E-state index contributed by atoms with van der Waals surface area (Å²) in [7, 11) is 0. The van der Waals surface area contributed by atoms with E-state index in [2.05, 4.69) is 0 Å². The molecular weight excluding hydrogens is 412 g/mol. The number of hydrogen-bond donors (Lipinski definition) is 1. The number of aliphatic hydroxyl groups is 1. The van der Waals surface area contributed by atoms with Crippen molar-refractivity contribution >= 4 is 17.8 Å². The van der Waals surface area contributed by atoms with Gasteiger partial charge in [-0.15, -0.1) is 0 Å². The number of fused-ring (bicyclic) bond motifs is 2. The molecule has 32 heavy (non-hydrogen) atoms. The predicted molar refractivity (Wildman–Crippen MR) is 116 cm³/mol. The molecule has 0 aromatic carbocycles. The molecule has 6 atom stereocenters. The fraction of sp³-hybridized carbons (Fsp3) is 0.708. The van der Waals surface area contributed by atoms with Crippen molar-refractivity contribution in [3.63, 3.8) is 0 Å². The van der Waals surface area contributed by atoms with Crippen LogP contribution in [-0.2, 0) is 23.9 Å². The minimum atomic E-state index is -1.30. The number of carbonyl (C=O) groups excluding carboxylic acids is 3. The van der Waals surface area contributed by atoms with E-state index in [0.29, 0.717) is 19.4 Å². The third-order valence-electron chi connectivity index (χ3n) is 7.42. The van der Waals surface area contributed by atoms with E-state index in [4.69, 9.17) is 9.47 Å². The fourth-order valence-electron chi connectivity index (χ4n) is 5.86. The lowest BCUT2D eigenvalue weighted by Crippen LogP contribution is -2.59.